The van der Waals surface area contributed by atoms with Crippen LogP contribution in [0.4, 0.5) is 0 Å². The number of ether oxygens (including phenoxy) is 1. The highest BCUT2D eigenvalue weighted by Gasteiger charge is 2.29. The van der Waals surface area contributed by atoms with Gasteiger partial charge in [-0.05, 0) is 39.2 Å². The van der Waals surface area contributed by atoms with Crippen molar-refractivity contribution >= 4 is 9.84 Å². The van der Waals surface area contributed by atoms with Crippen LogP contribution >= 0.6 is 0 Å². The lowest BCUT2D eigenvalue weighted by Gasteiger charge is -2.24. The van der Waals surface area contributed by atoms with Gasteiger partial charge in [0.25, 0.3) is 0 Å². The molecule has 0 saturated carbocycles. The van der Waals surface area contributed by atoms with Crippen molar-refractivity contribution in [2.24, 2.45) is 0 Å². The average molecular weight is 263 g/mol. The zero-order valence-corrected chi connectivity index (χ0v) is 11.9. The van der Waals surface area contributed by atoms with E-state index >= 15 is 0 Å². The molecule has 1 saturated heterocycles. The molecular formula is C12H25NO3S. The summed E-state index contributed by atoms with van der Waals surface area (Å²) < 4.78 is 28.3. The molecule has 0 aromatic heterocycles. The van der Waals surface area contributed by atoms with Gasteiger partial charge in [-0.25, -0.2) is 8.42 Å². The van der Waals surface area contributed by atoms with Gasteiger partial charge in [0.15, 0.2) is 0 Å². The highest BCUT2D eigenvalue weighted by molar-refractivity contribution is 7.90. The van der Waals surface area contributed by atoms with Crippen molar-refractivity contribution in [1.82, 2.24) is 5.32 Å². The van der Waals surface area contributed by atoms with Crippen LogP contribution in [0.5, 0.6) is 0 Å². The number of hydrogen-bond acceptors (Lipinski definition) is 4. The maximum absolute atomic E-state index is 11.2. The number of hydrogen-bond donors (Lipinski definition) is 1. The Morgan fingerprint density at radius 3 is 2.59 bits per heavy atom. The predicted octanol–water partition coefficient (Wildman–Crippen LogP) is 1.36. The fraction of sp³-hybridized carbons (Fsp3) is 1.00. The molecule has 0 aromatic carbocycles. The summed E-state index contributed by atoms with van der Waals surface area (Å²) in [5.41, 5.74) is 0. The van der Waals surface area contributed by atoms with Crippen LogP contribution in [0.2, 0.25) is 0 Å². The third-order valence-electron chi connectivity index (χ3n) is 3.17. The molecule has 1 aliphatic rings. The molecule has 0 radical (unpaired) electrons. The minimum atomic E-state index is -2.88. The van der Waals surface area contributed by atoms with Gasteiger partial charge in [-0.1, -0.05) is 6.92 Å². The molecule has 5 heteroatoms. The lowest BCUT2D eigenvalue weighted by atomic mass is 10.0. The van der Waals surface area contributed by atoms with E-state index in [4.69, 9.17) is 4.74 Å². The molecule has 0 spiro atoms. The molecule has 1 aliphatic heterocycles. The second kappa shape index (κ2) is 6.71. The Labute approximate surface area is 105 Å². The fourth-order valence-corrected chi connectivity index (χ4v) is 2.90. The van der Waals surface area contributed by atoms with E-state index in [0.717, 1.165) is 25.8 Å². The first-order chi connectivity index (χ1) is 7.92. The minimum absolute atomic E-state index is 0.176. The van der Waals surface area contributed by atoms with Crippen molar-refractivity contribution in [1.29, 1.82) is 0 Å². The molecular weight excluding hydrogens is 238 g/mol. The molecule has 1 fully saturated rings. The zero-order valence-electron chi connectivity index (χ0n) is 11.1. The SMILES string of the molecule is CCCNC(CCS(C)(=O)=O)C1CCC(C)O1. The smallest absolute Gasteiger partial charge is 0.147 e. The Balaban J connectivity index is 2.48. The molecule has 1 N–H and O–H groups in total. The first-order valence-corrected chi connectivity index (χ1v) is 8.55. The van der Waals surface area contributed by atoms with Gasteiger partial charge in [0.2, 0.25) is 0 Å². The summed E-state index contributed by atoms with van der Waals surface area (Å²) in [5, 5.41) is 3.42. The van der Waals surface area contributed by atoms with Gasteiger partial charge in [0.1, 0.15) is 9.84 Å². The van der Waals surface area contributed by atoms with Crippen LogP contribution in [-0.2, 0) is 14.6 Å². The first kappa shape index (κ1) is 14.9. The normalized spacial score (nSPS) is 27.2. The second-order valence-electron chi connectivity index (χ2n) is 5.04. The molecule has 1 heterocycles. The van der Waals surface area contributed by atoms with Crippen LogP contribution in [0.1, 0.15) is 39.5 Å². The molecule has 3 unspecified atom stereocenters. The van der Waals surface area contributed by atoms with E-state index in [1.54, 1.807) is 0 Å². The van der Waals surface area contributed by atoms with Gasteiger partial charge in [-0.3, -0.25) is 0 Å². The lowest BCUT2D eigenvalue weighted by molar-refractivity contribution is 0.0314. The van der Waals surface area contributed by atoms with E-state index in [2.05, 4.69) is 19.2 Å². The summed E-state index contributed by atoms with van der Waals surface area (Å²) in [6.07, 6.45) is 5.60. The maximum Gasteiger partial charge on any atom is 0.147 e. The van der Waals surface area contributed by atoms with E-state index < -0.39 is 9.84 Å². The van der Waals surface area contributed by atoms with Crippen LogP contribution in [0, 0.1) is 0 Å². The van der Waals surface area contributed by atoms with Gasteiger partial charge in [-0.2, -0.15) is 0 Å². The molecule has 0 aliphatic carbocycles. The highest BCUT2D eigenvalue weighted by atomic mass is 32.2. The number of nitrogens with one attached hydrogen (secondary N) is 1. The van der Waals surface area contributed by atoms with Crippen LogP contribution in [0.25, 0.3) is 0 Å². The van der Waals surface area contributed by atoms with Crippen molar-refractivity contribution in [3.63, 3.8) is 0 Å². The number of rotatable bonds is 7. The molecule has 0 amide bonds. The fourth-order valence-electron chi connectivity index (χ4n) is 2.22. The average Bonchev–Trinajstić information content (AvgIpc) is 2.63. The summed E-state index contributed by atoms with van der Waals surface area (Å²) in [6.45, 7) is 5.11. The van der Waals surface area contributed by atoms with Gasteiger partial charge in [0, 0.05) is 12.3 Å². The molecule has 102 valence electrons. The van der Waals surface area contributed by atoms with Crippen molar-refractivity contribution in [2.75, 3.05) is 18.6 Å². The van der Waals surface area contributed by atoms with Crippen molar-refractivity contribution < 1.29 is 13.2 Å². The molecule has 0 bridgehead atoms. The number of sulfone groups is 1. The van der Waals surface area contributed by atoms with Gasteiger partial charge in [-0.15, -0.1) is 0 Å². The predicted molar refractivity (Wildman–Crippen MR) is 70.0 cm³/mol. The Kier molecular flexibility index (Phi) is 5.89. The summed E-state index contributed by atoms with van der Waals surface area (Å²) in [7, 11) is -2.88. The van der Waals surface area contributed by atoms with E-state index in [9.17, 15) is 8.42 Å². The maximum atomic E-state index is 11.2. The minimum Gasteiger partial charge on any atom is -0.374 e. The monoisotopic (exact) mass is 263 g/mol. The Hall–Kier alpha value is -0.130. The van der Waals surface area contributed by atoms with Gasteiger partial charge in [0.05, 0.1) is 18.0 Å². The summed E-state index contributed by atoms with van der Waals surface area (Å²) in [4.78, 5) is 0. The molecule has 17 heavy (non-hydrogen) atoms. The lowest BCUT2D eigenvalue weighted by Crippen LogP contribution is -2.41. The van der Waals surface area contributed by atoms with Gasteiger partial charge < -0.3 is 10.1 Å². The van der Waals surface area contributed by atoms with E-state index in [1.807, 2.05) is 0 Å². The van der Waals surface area contributed by atoms with Crippen molar-refractivity contribution in [2.45, 2.75) is 57.8 Å². The van der Waals surface area contributed by atoms with Crippen LogP contribution in [0.3, 0.4) is 0 Å². The summed E-state index contributed by atoms with van der Waals surface area (Å²) >= 11 is 0. The van der Waals surface area contributed by atoms with Crippen molar-refractivity contribution in [3.05, 3.63) is 0 Å². The Morgan fingerprint density at radius 1 is 1.41 bits per heavy atom. The molecule has 0 aromatic rings. The standard InChI is InChI=1S/C12H25NO3S/c1-4-8-13-11(7-9-17(3,14)15)12-6-5-10(2)16-12/h10-13H,4-9H2,1-3H3. The third kappa shape index (κ3) is 5.84. The van der Waals surface area contributed by atoms with E-state index in [0.29, 0.717) is 12.5 Å². The molecule has 4 nitrogen and oxygen atoms in total. The third-order valence-corrected chi connectivity index (χ3v) is 4.15. The molecule has 3 atom stereocenters. The van der Waals surface area contributed by atoms with Gasteiger partial charge >= 0.3 is 0 Å². The van der Waals surface area contributed by atoms with Crippen LogP contribution < -0.4 is 5.32 Å². The van der Waals surface area contributed by atoms with Crippen molar-refractivity contribution in [3.8, 4) is 0 Å². The first-order valence-electron chi connectivity index (χ1n) is 6.49. The van der Waals surface area contributed by atoms with Crippen LogP contribution in [-0.4, -0.2) is 45.2 Å². The van der Waals surface area contributed by atoms with E-state index in [1.165, 1.54) is 6.26 Å². The topological polar surface area (TPSA) is 55.4 Å². The Bertz CT molecular complexity index is 316. The van der Waals surface area contributed by atoms with Crippen LogP contribution in [0.15, 0.2) is 0 Å². The highest BCUT2D eigenvalue weighted by Crippen LogP contribution is 2.23. The summed E-state index contributed by atoms with van der Waals surface area (Å²) in [5.74, 6) is 0.239. The quantitative estimate of drug-likeness (QED) is 0.753. The largest absolute Gasteiger partial charge is 0.374 e. The Morgan fingerprint density at radius 2 is 2.12 bits per heavy atom. The zero-order chi connectivity index (χ0) is 12.9. The molecule has 1 rings (SSSR count). The van der Waals surface area contributed by atoms with E-state index in [-0.39, 0.29) is 17.9 Å². The second-order valence-corrected chi connectivity index (χ2v) is 7.30. The summed E-state index contributed by atoms with van der Waals surface area (Å²) in [6, 6.07) is 0.176.